The van der Waals surface area contributed by atoms with Crippen LogP contribution in [0.2, 0.25) is 0 Å². The third kappa shape index (κ3) is 2.99. The first kappa shape index (κ1) is 14.6. The molecule has 7 heteroatoms. The topological polar surface area (TPSA) is 67.2 Å². The molecule has 22 heavy (non-hydrogen) atoms. The van der Waals surface area contributed by atoms with Gasteiger partial charge < -0.3 is 9.73 Å². The summed E-state index contributed by atoms with van der Waals surface area (Å²) in [4.78, 5) is 16.1. The predicted octanol–water partition coefficient (Wildman–Crippen LogP) is 2.59. The highest BCUT2D eigenvalue weighted by Gasteiger charge is 2.42. The maximum absolute atomic E-state index is 13.1. The standard InChI is InChI=1S/C15H15F2N3O2/c1-9-2-3-10(6-11(9)14-18-4-5-22-14)20-13(21)12-7-15(16,17)8-19-12/h2-6,12,19H,7-8H2,1H3,(H,20,21). The van der Waals surface area contributed by atoms with E-state index in [4.69, 9.17) is 4.42 Å². The smallest absolute Gasteiger partial charge is 0.262 e. The van der Waals surface area contributed by atoms with Gasteiger partial charge in [0.15, 0.2) is 0 Å². The molecule has 0 spiro atoms. The first-order valence-corrected chi connectivity index (χ1v) is 6.87. The van der Waals surface area contributed by atoms with Crippen molar-refractivity contribution in [3.63, 3.8) is 0 Å². The number of aromatic nitrogens is 1. The average molecular weight is 307 g/mol. The van der Waals surface area contributed by atoms with Gasteiger partial charge in [0.2, 0.25) is 11.8 Å². The molecule has 0 bridgehead atoms. The minimum atomic E-state index is -2.83. The Morgan fingerprint density at radius 1 is 1.50 bits per heavy atom. The van der Waals surface area contributed by atoms with Crippen molar-refractivity contribution in [1.82, 2.24) is 10.3 Å². The molecule has 1 aliphatic rings. The molecule has 1 atom stereocenters. The van der Waals surface area contributed by atoms with Crippen LogP contribution in [0.15, 0.2) is 35.1 Å². The zero-order chi connectivity index (χ0) is 15.7. The van der Waals surface area contributed by atoms with Crippen LogP contribution in [0.4, 0.5) is 14.5 Å². The Bertz CT molecular complexity index is 686. The fourth-order valence-corrected chi connectivity index (χ4v) is 2.42. The molecule has 3 rings (SSSR count). The molecule has 2 heterocycles. The Morgan fingerprint density at radius 2 is 2.32 bits per heavy atom. The van der Waals surface area contributed by atoms with E-state index in [1.54, 1.807) is 12.1 Å². The maximum Gasteiger partial charge on any atom is 0.262 e. The van der Waals surface area contributed by atoms with Gasteiger partial charge in [0, 0.05) is 17.7 Å². The lowest BCUT2D eigenvalue weighted by atomic mass is 10.1. The van der Waals surface area contributed by atoms with Crippen molar-refractivity contribution in [2.75, 3.05) is 11.9 Å². The number of anilines is 1. The fraction of sp³-hybridized carbons (Fsp3) is 0.333. The molecule has 116 valence electrons. The lowest BCUT2D eigenvalue weighted by Gasteiger charge is -2.12. The molecule has 5 nitrogen and oxygen atoms in total. The minimum absolute atomic E-state index is 0.444. The van der Waals surface area contributed by atoms with Crippen molar-refractivity contribution in [3.05, 3.63) is 36.2 Å². The second-order valence-electron chi connectivity index (χ2n) is 5.35. The second-order valence-corrected chi connectivity index (χ2v) is 5.35. The van der Waals surface area contributed by atoms with Crippen molar-refractivity contribution >= 4 is 11.6 Å². The molecular weight excluding hydrogens is 292 g/mol. The van der Waals surface area contributed by atoms with Gasteiger partial charge in [0.1, 0.15) is 6.26 Å². The van der Waals surface area contributed by atoms with Crippen LogP contribution >= 0.6 is 0 Å². The largest absolute Gasteiger partial charge is 0.445 e. The number of amides is 1. The number of alkyl halides is 2. The monoisotopic (exact) mass is 307 g/mol. The summed E-state index contributed by atoms with van der Waals surface area (Å²) in [5, 5.41) is 5.17. The molecule has 0 saturated carbocycles. The Labute approximate surface area is 125 Å². The average Bonchev–Trinajstić information content (AvgIpc) is 3.10. The highest BCUT2D eigenvalue weighted by molar-refractivity contribution is 5.95. The Morgan fingerprint density at radius 3 is 2.95 bits per heavy atom. The van der Waals surface area contributed by atoms with Gasteiger partial charge in [-0.25, -0.2) is 13.8 Å². The SMILES string of the molecule is Cc1ccc(NC(=O)C2CC(F)(F)CN2)cc1-c1ncco1. The van der Waals surface area contributed by atoms with E-state index in [0.29, 0.717) is 11.6 Å². The molecule has 1 amide bonds. The Kier molecular flexibility index (Phi) is 3.66. The van der Waals surface area contributed by atoms with Crippen LogP contribution in [0, 0.1) is 6.92 Å². The zero-order valence-corrected chi connectivity index (χ0v) is 11.9. The first-order chi connectivity index (χ1) is 10.4. The Hall–Kier alpha value is -2.28. The zero-order valence-electron chi connectivity index (χ0n) is 11.9. The Balaban J connectivity index is 1.76. The van der Waals surface area contributed by atoms with E-state index in [1.807, 2.05) is 13.0 Å². The molecule has 0 aliphatic carbocycles. The predicted molar refractivity (Wildman–Crippen MR) is 76.7 cm³/mol. The third-order valence-corrected chi connectivity index (χ3v) is 3.59. The molecule has 0 radical (unpaired) electrons. The number of nitrogens with one attached hydrogen (secondary N) is 2. The molecule has 2 N–H and O–H groups in total. The number of hydrogen-bond acceptors (Lipinski definition) is 4. The number of oxazole rings is 1. The summed E-state index contributed by atoms with van der Waals surface area (Å²) in [6.45, 7) is 1.42. The summed E-state index contributed by atoms with van der Waals surface area (Å²) in [5.41, 5.74) is 2.19. The number of hydrogen-bond donors (Lipinski definition) is 2. The van der Waals surface area contributed by atoms with E-state index in [0.717, 1.165) is 11.1 Å². The molecule has 1 aliphatic heterocycles. The van der Waals surface area contributed by atoms with Gasteiger partial charge >= 0.3 is 0 Å². The van der Waals surface area contributed by atoms with Crippen molar-refractivity contribution in [2.45, 2.75) is 25.3 Å². The van der Waals surface area contributed by atoms with Crippen LogP contribution in [0.1, 0.15) is 12.0 Å². The summed E-state index contributed by atoms with van der Waals surface area (Å²) < 4.78 is 31.5. The van der Waals surface area contributed by atoms with Gasteiger partial charge in [-0.2, -0.15) is 0 Å². The van der Waals surface area contributed by atoms with Crippen molar-refractivity contribution in [2.24, 2.45) is 0 Å². The number of benzene rings is 1. The van der Waals surface area contributed by atoms with E-state index in [1.165, 1.54) is 12.5 Å². The van der Waals surface area contributed by atoms with Gasteiger partial charge in [-0.15, -0.1) is 0 Å². The van der Waals surface area contributed by atoms with E-state index in [-0.39, 0.29) is 0 Å². The molecule has 1 aromatic heterocycles. The molecule has 1 unspecified atom stereocenters. The highest BCUT2D eigenvalue weighted by Crippen LogP contribution is 2.27. The number of rotatable bonds is 3. The normalized spacial score (nSPS) is 20.0. The number of carbonyl (C=O) groups excluding carboxylic acids is 1. The molecule has 1 aromatic carbocycles. The summed E-state index contributed by atoms with van der Waals surface area (Å²) >= 11 is 0. The van der Waals surface area contributed by atoms with Gasteiger partial charge in [0.05, 0.1) is 18.8 Å². The van der Waals surface area contributed by atoms with Crippen LogP contribution in [0.3, 0.4) is 0 Å². The minimum Gasteiger partial charge on any atom is -0.445 e. The first-order valence-electron chi connectivity index (χ1n) is 6.87. The van der Waals surface area contributed by atoms with Crippen molar-refractivity contribution in [1.29, 1.82) is 0 Å². The molecular formula is C15H15F2N3O2. The fourth-order valence-electron chi connectivity index (χ4n) is 2.42. The number of halogens is 2. The highest BCUT2D eigenvalue weighted by atomic mass is 19.3. The van der Waals surface area contributed by atoms with Crippen molar-refractivity contribution < 1.29 is 18.0 Å². The quantitative estimate of drug-likeness (QED) is 0.914. The van der Waals surface area contributed by atoms with E-state index in [9.17, 15) is 13.6 Å². The van der Waals surface area contributed by atoms with Gasteiger partial charge in [-0.05, 0) is 24.6 Å². The summed E-state index contributed by atoms with van der Waals surface area (Å²) in [6, 6.07) is 4.35. The van der Waals surface area contributed by atoms with Gasteiger partial charge in [0.25, 0.3) is 5.92 Å². The second kappa shape index (κ2) is 5.49. The number of carbonyl (C=O) groups is 1. The third-order valence-electron chi connectivity index (χ3n) is 3.59. The number of aryl methyl sites for hydroxylation is 1. The van der Waals surface area contributed by atoms with Crippen LogP contribution in [0.25, 0.3) is 11.5 Å². The van der Waals surface area contributed by atoms with Crippen LogP contribution in [-0.4, -0.2) is 29.4 Å². The summed E-state index contributed by atoms with van der Waals surface area (Å²) in [6.07, 6.45) is 2.51. The summed E-state index contributed by atoms with van der Waals surface area (Å²) in [5.74, 6) is -2.86. The molecule has 1 fully saturated rings. The van der Waals surface area contributed by atoms with E-state index < -0.39 is 30.8 Å². The molecule has 1 saturated heterocycles. The van der Waals surface area contributed by atoms with Crippen LogP contribution < -0.4 is 10.6 Å². The van der Waals surface area contributed by atoms with Crippen LogP contribution in [-0.2, 0) is 4.79 Å². The lowest BCUT2D eigenvalue weighted by molar-refractivity contribution is -0.118. The van der Waals surface area contributed by atoms with Crippen LogP contribution in [0.5, 0.6) is 0 Å². The van der Waals surface area contributed by atoms with Gasteiger partial charge in [-0.1, -0.05) is 6.07 Å². The van der Waals surface area contributed by atoms with Crippen molar-refractivity contribution in [3.8, 4) is 11.5 Å². The lowest BCUT2D eigenvalue weighted by Crippen LogP contribution is -2.35. The maximum atomic E-state index is 13.1. The summed E-state index contributed by atoms with van der Waals surface area (Å²) in [7, 11) is 0. The van der Waals surface area contributed by atoms with E-state index in [2.05, 4.69) is 15.6 Å². The number of nitrogens with zero attached hydrogens (tertiary/aromatic N) is 1. The van der Waals surface area contributed by atoms with E-state index >= 15 is 0 Å². The van der Waals surface area contributed by atoms with Gasteiger partial charge in [-0.3, -0.25) is 10.1 Å². The molecule has 2 aromatic rings.